The number of aromatic nitrogens is 4. The number of nitrogens with one attached hydrogen (secondary N) is 2. The van der Waals surface area contributed by atoms with Crippen LogP contribution in [0.2, 0.25) is 0 Å². The van der Waals surface area contributed by atoms with E-state index in [1.807, 2.05) is 0 Å². The molecule has 1 fully saturated rings. The molecule has 2 aliphatic rings. The van der Waals surface area contributed by atoms with Crippen molar-refractivity contribution >= 4 is 59.1 Å². The predicted octanol–water partition coefficient (Wildman–Crippen LogP) is -9.42. The van der Waals surface area contributed by atoms with Gasteiger partial charge in [-0.3, -0.25) is 19.8 Å². The topological polar surface area (TPSA) is 238 Å². The number of anilines is 1. The maximum absolute atomic E-state index is 12.8. The Labute approximate surface area is 291 Å². The zero-order valence-electron chi connectivity index (χ0n) is 22.8. The molecule has 0 spiro atoms. The molecule has 0 unspecified atom stereocenters. The molecule has 0 bridgehead atoms. The van der Waals surface area contributed by atoms with Gasteiger partial charge in [0.05, 0.1) is 30.1 Å². The average Bonchev–Trinajstić information content (AvgIpc) is 3.33. The predicted molar refractivity (Wildman–Crippen MR) is 135 cm³/mol. The Morgan fingerprint density at radius 2 is 1.90 bits per heavy atom. The van der Waals surface area contributed by atoms with Crippen LogP contribution in [0.15, 0.2) is 40.7 Å². The van der Waals surface area contributed by atoms with E-state index in [0.717, 1.165) is 4.90 Å². The van der Waals surface area contributed by atoms with Crippen molar-refractivity contribution < 1.29 is 98.0 Å². The molecule has 3 heterocycles. The number of fused-ring (bicyclic) bond motifs is 1. The van der Waals surface area contributed by atoms with Gasteiger partial charge >= 0.3 is 65.2 Å². The van der Waals surface area contributed by atoms with Crippen LogP contribution < -0.4 is 85.7 Å². The van der Waals surface area contributed by atoms with Crippen molar-refractivity contribution in [3.63, 3.8) is 0 Å². The number of benzene rings is 1. The summed E-state index contributed by atoms with van der Waals surface area (Å²) in [6, 6.07) is 3.80. The Bertz CT molecular complexity index is 1380. The van der Waals surface area contributed by atoms with Gasteiger partial charge in [0.25, 0.3) is 5.91 Å². The van der Waals surface area contributed by atoms with Crippen LogP contribution in [0.4, 0.5) is 10.5 Å². The number of aryl methyl sites for hydroxylation is 1. The number of β-lactam (4-membered cyclic amide) rings is 1. The second-order valence-corrected chi connectivity index (χ2v) is 10.6. The molecule has 2 aromatic rings. The van der Waals surface area contributed by atoms with Crippen molar-refractivity contribution in [1.82, 2.24) is 30.4 Å². The maximum Gasteiger partial charge on any atom is 1.00 e. The number of rotatable bonds is 11. The number of carboxylic acid groups (broad SMARTS) is 2. The number of carbonyl (C=O) groups is 5. The largest absolute Gasteiger partial charge is 1.00 e. The van der Waals surface area contributed by atoms with E-state index in [1.165, 1.54) is 40.3 Å². The van der Waals surface area contributed by atoms with Gasteiger partial charge in [-0.25, -0.2) is 9.48 Å². The fourth-order valence-electron chi connectivity index (χ4n) is 3.78. The molecule has 0 saturated carbocycles. The molecular weight excluding hydrogens is 614 g/mol. The number of hydrogen-bond donors (Lipinski definition) is 3. The number of nitrogens with two attached hydrogens (primary N) is 1. The van der Waals surface area contributed by atoms with Gasteiger partial charge in [0.2, 0.25) is 11.1 Å². The van der Waals surface area contributed by atoms with Crippen molar-refractivity contribution in [1.29, 1.82) is 0 Å². The van der Waals surface area contributed by atoms with E-state index in [1.54, 1.807) is 19.2 Å². The molecule has 212 valence electrons. The summed E-state index contributed by atoms with van der Waals surface area (Å²) >= 11 is 2.56. The van der Waals surface area contributed by atoms with Gasteiger partial charge in [-0.1, -0.05) is 23.9 Å². The number of carboxylic acids is 2. The number of nitrogens with zero attached hydrogens (tertiary/aromatic N) is 5. The molecule has 0 aliphatic carbocycles. The first kappa shape index (κ1) is 36.0. The molecular formula is C22H22N8Na2O8S2. The summed E-state index contributed by atoms with van der Waals surface area (Å²) in [5.41, 5.74) is 6.39. The molecule has 0 radical (unpaired) electrons. The standard InChI is InChI=1S/C22H24N8O8S2.2Na/c1-29-21(26-27-28-29)40-9-11-8-39-18-15(17(32)30(18)16(11)20(35)36)25-14(31)6-10-2-4-12(5-3-10)24-22(37)38-7-13(23)19(33)34;;/h2-5,13,15,18H,6-9,23H2,1H3,(H,24,37)(H,25,31)(H,33,34)(H,35,36);;/q;2*+1/p-2/t13-,15+,18-;;/m0../s1. The molecule has 4 rings (SSSR count). The molecule has 1 saturated heterocycles. The Morgan fingerprint density at radius 1 is 1.21 bits per heavy atom. The summed E-state index contributed by atoms with van der Waals surface area (Å²) in [6.45, 7) is -0.565. The summed E-state index contributed by atoms with van der Waals surface area (Å²) in [4.78, 5) is 60.8. The summed E-state index contributed by atoms with van der Waals surface area (Å²) in [7, 11) is 1.65. The number of aliphatic carboxylic acids is 2. The van der Waals surface area contributed by atoms with Crippen molar-refractivity contribution in [2.45, 2.75) is 29.0 Å². The molecule has 20 heteroatoms. The minimum absolute atomic E-state index is 0. The van der Waals surface area contributed by atoms with Crippen LogP contribution in [-0.2, 0) is 37.4 Å². The summed E-state index contributed by atoms with van der Waals surface area (Å²) in [5.74, 6) is -3.48. The van der Waals surface area contributed by atoms with Crippen LogP contribution in [0.5, 0.6) is 0 Å². The van der Waals surface area contributed by atoms with Crippen LogP contribution in [0, 0.1) is 0 Å². The Hall–Kier alpha value is -2.16. The third-order valence-electron chi connectivity index (χ3n) is 5.78. The SMILES string of the molecule is Cn1nnnc1SCC1=C(C(=O)[O-])N2C(=O)[C@@H](NC(=O)Cc3ccc(NC(=O)OC[C@H](N)C(=O)[O-])cc3)[C@@H]2SC1.[Na+].[Na+]. The normalized spacial score (nSPS) is 18.0. The zero-order chi connectivity index (χ0) is 29.0. The van der Waals surface area contributed by atoms with Crippen molar-refractivity contribution in [2.24, 2.45) is 12.8 Å². The van der Waals surface area contributed by atoms with E-state index < -0.39 is 53.9 Å². The second-order valence-electron chi connectivity index (χ2n) is 8.59. The third kappa shape index (κ3) is 8.70. The van der Waals surface area contributed by atoms with Gasteiger partial charge in [-0.15, -0.1) is 16.9 Å². The first-order chi connectivity index (χ1) is 19.0. The Kier molecular flexibility index (Phi) is 13.8. The fourth-order valence-corrected chi connectivity index (χ4v) is 6.12. The molecule has 2 aliphatic heterocycles. The van der Waals surface area contributed by atoms with E-state index in [2.05, 4.69) is 26.2 Å². The maximum atomic E-state index is 12.8. The van der Waals surface area contributed by atoms with Crippen LogP contribution in [0.1, 0.15) is 5.56 Å². The van der Waals surface area contributed by atoms with Crippen LogP contribution in [0.3, 0.4) is 0 Å². The monoisotopic (exact) mass is 636 g/mol. The number of tetrazole rings is 1. The number of amides is 3. The minimum Gasteiger partial charge on any atom is -0.548 e. The van der Waals surface area contributed by atoms with Gasteiger partial charge in [-0.05, 0) is 33.7 Å². The molecule has 1 aromatic heterocycles. The molecule has 42 heavy (non-hydrogen) atoms. The van der Waals surface area contributed by atoms with Gasteiger partial charge in [-0.2, -0.15) is 0 Å². The molecule has 1 aromatic carbocycles. The van der Waals surface area contributed by atoms with E-state index in [0.29, 0.717) is 27.7 Å². The summed E-state index contributed by atoms with van der Waals surface area (Å²) in [6.07, 6.45) is -0.999. The van der Waals surface area contributed by atoms with Crippen LogP contribution in [0.25, 0.3) is 0 Å². The van der Waals surface area contributed by atoms with Crippen LogP contribution >= 0.6 is 23.5 Å². The van der Waals surface area contributed by atoms with Crippen molar-refractivity contribution in [2.75, 3.05) is 23.4 Å². The van der Waals surface area contributed by atoms with Gasteiger partial charge in [0, 0.05) is 24.2 Å². The fraction of sp³-hybridized carbons (Fsp3) is 0.364. The number of carbonyl (C=O) groups excluding carboxylic acids is 5. The summed E-state index contributed by atoms with van der Waals surface area (Å²) < 4.78 is 6.14. The molecule has 16 nitrogen and oxygen atoms in total. The molecule has 4 N–H and O–H groups in total. The summed E-state index contributed by atoms with van der Waals surface area (Å²) in [5, 5.41) is 38.5. The van der Waals surface area contributed by atoms with E-state index in [-0.39, 0.29) is 77.0 Å². The van der Waals surface area contributed by atoms with Crippen molar-refractivity contribution in [3.8, 4) is 0 Å². The van der Waals surface area contributed by atoms with E-state index in [4.69, 9.17) is 10.5 Å². The number of ether oxygens (including phenoxy) is 1. The average molecular weight is 637 g/mol. The molecule has 3 amide bonds. The van der Waals surface area contributed by atoms with Gasteiger partial charge in [0.15, 0.2) is 0 Å². The van der Waals surface area contributed by atoms with E-state index in [9.17, 15) is 34.2 Å². The van der Waals surface area contributed by atoms with Gasteiger partial charge < -0.3 is 35.6 Å². The minimum atomic E-state index is -1.55. The van der Waals surface area contributed by atoms with Crippen LogP contribution in [-0.4, -0.2) is 90.5 Å². The Morgan fingerprint density at radius 3 is 2.50 bits per heavy atom. The first-order valence-corrected chi connectivity index (χ1v) is 13.6. The first-order valence-electron chi connectivity index (χ1n) is 11.6. The quantitative estimate of drug-likeness (QED) is 0.118. The zero-order valence-corrected chi connectivity index (χ0v) is 28.4. The second kappa shape index (κ2) is 16.1. The van der Waals surface area contributed by atoms with Crippen molar-refractivity contribution in [3.05, 3.63) is 41.1 Å². The molecule has 3 atom stereocenters. The third-order valence-corrected chi connectivity index (χ3v) is 8.21. The number of hydrogen-bond acceptors (Lipinski definition) is 14. The van der Waals surface area contributed by atoms with Gasteiger partial charge in [0.1, 0.15) is 18.0 Å². The van der Waals surface area contributed by atoms with E-state index >= 15 is 0 Å². The Balaban J connectivity index is 0.00000308. The smallest absolute Gasteiger partial charge is 0.548 e. The number of thioether (sulfide) groups is 2.